The summed E-state index contributed by atoms with van der Waals surface area (Å²) in [6.45, 7) is 0.977. The number of alkyl halides is 10. The van der Waals surface area contributed by atoms with E-state index in [0.717, 1.165) is 0 Å². The van der Waals surface area contributed by atoms with Crippen molar-refractivity contribution < 1.29 is 54.1 Å². The summed E-state index contributed by atoms with van der Waals surface area (Å²) in [5.74, 6) is -32.7. The third kappa shape index (κ3) is 3.83. The molecule has 0 aliphatic carbocycles. The molecule has 2 nitrogen and oxygen atoms in total. The molecule has 12 heteroatoms. The highest BCUT2D eigenvalue weighted by molar-refractivity contribution is 5.08. The number of aliphatic hydroxyl groups is 2. The van der Waals surface area contributed by atoms with E-state index in [9.17, 15) is 43.9 Å². The van der Waals surface area contributed by atoms with Gasteiger partial charge in [-0.05, 0) is 13.8 Å². The Hall–Kier alpha value is -0.780. The maximum Gasteiger partial charge on any atom is 0.384 e. The third-order valence-electron chi connectivity index (χ3n) is 2.81. The van der Waals surface area contributed by atoms with Crippen molar-refractivity contribution in [2.45, 2.75) is 68.5 Å². The highest BCUT2D eigenvalue weighted by atomic mass is 19.4. The molecule has 2 atom stereocenters. The first-order valence-electron chi connectivity index (χ1n) is 6.08. The zero-order valence-electron chi connectivity index (χ0n) is 11.7. The van der Waals surface area contributed by atoms with Gasteiger partial charge in [0.15, 0.2) is 0 Å². The molecule has 0 heterocycles. The van der Waals surface area contributed by atoms with Crippen molar-refractivity contribution in [3.05, 3.63) is 0 Å². The zero-order chi connectivity index (χ0) is 19.1. The molecule has 0 radical (unpaired) electrons. The summed E-state index contributed by atoms with van der Waals surface area (Å²) in [6.07, 6.45) is -9.29. The van der Waals surface area contributed by atoms with Crippen LogP contribution in [0.1, 0.15) is 26.7 Å². The lowest BCUT2D eigenvalue weighted by Crippen LogP contribution is -2.67. The van der Waals surface area contributed by atoms with Crippen LogP contribution in [-0.2, 0) is 0 Å². The summed E-state index contributed by atoms with van der Waals surface area (Å²) in [6, 6.07) is 0. The van der Waals surface area contributed by atoms with Gasteiger partial charge in [0.2, 0.25) is 0 Å². The van der Waals surface area contributed by atoms with Crippen molar-refractivity contribution in [2.75, 3.05) is 0 Å². The molecule has 0 spiro atoms. The predicted molar refractivity (Wildman–Crippen MR) is 57.3 cm³/mol. The molecule has 0 aliphatic heterocycles. The van der Waals surface area contributed by atoms with E-state index in [4.69, 9.17) is 10.2 Å². The molecule has 0 amide bonds. The van der Waals surface area contributed by atoms with Crippen LogP contribution in [0.4, 0.5) is 43.9 Å². The Morgan fingerprint density at radius 1 is 0.565 bits per heavy atom. The van der Waals surface area contributed by atoms with Crippen molar-refractivity contribution >= 4 is 0 Å². The van der Waals surface area contributed by atoms with E-state index in [0.29, 0.717) is 13.8 Å². The second kappa shape index (κ2) is 6.26. The monoisotopic (exact) mass is 368 g/mol. The second-order valence-electron chi connectivity index (χ2n) is 5.24. The summed E-state index contributed by atoms with van der Waals surface area (Å²) in [4.78, 5) is 0. The molecule has 23 heavy (non-hydrogen) atoms. The van der Waals surface area contributed by atoms with E-state index in [1.54, 1.807) is 0 Å². The minimum atomic E-state index is -7.16. The number of halogens is 10. The van der Waals surface area contributed by atoms with Gasteiger partial charge in [0.25, 0.3) is 0 Å². The zero-order valence-corrected chi connectivity index (χ0v) is 11.7. The van der Waals surface area contributed by atoms with Gasteiger partial charge in [-0.25, -0.2) is 0 Å². The summed E-state index contributed by atoms with van der Waals surface area (Å²) in [5, 5.41) is 17.1. The molecule has 0 aromatic carbocycles. The molecule has 0 bridgehead atoms. The molecular formula is C11H14F10O2. The fourth-order valence-corrected chi connectivity index (χ4v) is 1.65. The maximum atomic E-state index is 13.2. The summed E-state index contributed by atoms with van der Waals surface area (Å²) in [5.41, 5.74) is 0. The number of rotatable bonds is 8. The first-order chi connectivity index (χ1) is 9.83. The molecule has 2 N–H and O–H groups in total. The first-order valence-corrected chi connectivity index (χ1v) is 6.08. The number of hydrogen-bond donors (Lipinski definition) is 2. The van der Waals surface area contributed by atoms with Gasteiger partial charge < -0.3 is 10.2 Å². The molecule has 0 rings (SSSR count). The molecule has 0 saturated carbocycles. The van der Waals surface area contributed by atoms with Gasteiger partial charge >= 0.3 is 29.6 Å². The lowest BCUT2D eigenvalue weighted by Gasteiger charge is -2.40. The van der Waals surface area contributed by atoms with Gasteiger partial charge in [0, 0.05) is 12.8 Å². The minimum absolute atomic E-state index is 0.488. The summed E-state index contributed by atoms with van der Waals surface area (Å²) < 4.78 is 132. The molecule has 140 valence electrons. The SMILES string of the molecule is CC(O)CC(F)(F)C(F)(F)C(F)(F)C(F)(F)C(F)(F)CC(C)O. The fraction of sp³-hybridized carbons (Fsp3) is 1.00. The van der Waals surface area contributed by atoms with Gasteiger partial charge in [-0.15, -0.1) is 0 Å². The highest BCUT2D eigenvalue weighted by Crippen LogP contribution is 2.58. The van der Waals surface area contributed by atoms with Crippen LogP contribution in [0.5, 0.6) is 0 Å². The van der Waals surface area contributed by atoms with E-state index < -0.39 is 54.7 Å². The van der Waals surface area contributed by atoms with Crippen molar-refractivity contribution in [3.63, 3.8) is 0 Å². The smallest absolute Gasteiger partial charge is 0.384 e. The van der Waals surface area contributed by atoms with Gasteiger partial charge in [-0.3, -0.25) is 0 Å². The molecule has 0 saturated heterocycles. The largest absolute Gasteiger partial charge is 0.393 e. The van der Waals surface area contributed by atoms with Crippen molar-refractivity contribution in [1.29, 1.82) is 0 Å². The van der Waals surface area contributed by atoms with Crippen LogP contribution in [0.2, 0.25) is 0 Å². The fourth-order valence-electron chi connectivity index (χ4n) is 1.65. The molecule has 0 aliphatic rings. The van der Waals surface area contributed by atoms with Gasteiger partial charge in [-0.1, -0.05) is 0 Å². The molecular weight excluding hydrogens is 354 g/mol. The van der Waals surface area contributed by atoms with Crippen molar-refractivity contribution in [3.8, 4) is 0 Å². The Morgan fingerprint density at radius 3 is 0.957 bits per heavy atom. The Morgan fingerprint density at radius 2 is 0.783 bits per heavy atom. The molecule has 0 aromatic heterocycles. The van der Waals surface area contributed by atoms with E-state index in [2.05, 4.69) is 0 Å². The van der Waals surface area contributed by atoms with Crippen LogP contribution in [0.15, 0.2) is 0 Å². The predicted octanol–water partition coefficient (Wildman–Crippen LogP) is 3.70. The summed E-state index contributed by atoms with van der Waals surface area (Å²) >= 11 is 0. The topological polar surface area (TPSA) is 40.5 Å². The van der Waals surface area contributed by atoms with Crippen LogP contribution in [-0.4, -0.2) is 52.0 Å². The lowest BCUT2D eigenvalue weighted by molar-refractivity contribution is -0.404. The highest BCUT2D eigenvalue weighted by Gasteiger charge is 2.85. The normalized spacial score (nSPS) is 18.0. The Balaban J connectivity index is 5.92. The quantitative estimate of drug-likeness (QED) is 0.642. The van der Waals surface area contributed by atoms with Crippen LogP contribution >= 0.6 is 0 Å². The molecule has 0 fully saturated rings. The van der Waals surface area contributed by atoms with Gasteiger partial charge in [0.05, 0.1) is 12.2 Å². The van der Waals surface area contributed by atoms with Crippen LogP contribution in [0.25, 0.3) is 0 Å². The van der Waals surface area contributed by atoms with E-state index in [1.807, 2.05) is 0 Å². The van der Waals surface area contributed by atoms with Crippen molar-refractivity contribution in [2.24, 2.45) is 0 Å². The van der Waals surface area contributed by atoms with E-state index in [1.165, 1.54) is 0 Å². The van der Waals surface area contributed by atoms with E-state index in [-0.39, 0.29) is 0 Å². The second-order valence-corrected chi connectivity index (χ2v) is 5.24. The average molecular weight is 368 g/mol. The van der Waals surface area contributed by atoms with Crippen LogP contribution in [0, 0.1) is 0 Å². The molecule has 0 aromatic rings. The van der Waals surface area contributed by atoms with E-state index >= 15 is 0 Å². The average Bonchev–Trinajstić information content (AvgIpc) is 2.23. The first kappa shape index (κ1) is 22.2. The summed E-state index contributed by atoms with van der Waals surface area (Å²) in [7, 11) is 0. The van der Waals surface area contributed by atoms with Crippen molar-refractivity contribution in [1.82, 2.24) is 0 Å². The Bertz CT molecular complexity index is 370. The molecule has 2 unspecified atom stereocenters. The minimum Gasteiger partial charge on any atom is -0.393 e. The number of aliphatic hydroxyl groups excluding tert-OH is 2. The van der Waals surface area contributed by atoms with Crippen LogP contribution < -0.4 is 0 Å². The lowest BCUT2D eigenvalue weighted by atomic mass is 9.90. The number of hydrogen-bond acceptors (Lipinski definition) is 2. The standard InChI is InChI=1S/C11H14F10O2/c1-5(22)3-7(12,13)9(16,17)11(20,21)10(18,19)8(14,15)4-6(2)23/h5-6,22-23H,3-4H2,1-2H3. The maximum absolute atomic E-state index is 13.2. The Labute approximate surface area is 124 Å². The van der Waals surface area contributed by atoms with Gasteiger partial charge in [0.1, 0.15) is 0 Å². The third-order valence-corrected chi connectivity index (χ3v) is 2.81. The Kier molecular flexibility index (Phi) is 6.05. The van der Waals surface area contributed by atoms with Gasteiger partial charge in [-0.2, -0.15) is 43.9 Å². The van der Waals surface area contributed by atoms with Crippen LogP contribution in [0.3, 0.4) is 0 Å².